The Kier molecular flexibility index (Phi) is 3.62. The van der Waals surface area contributed by atoms with Gasteiger partial charge in [-0.3, -0.25) is 4.84 Å². The molecule has 3 heteroatoms. The Morgan fingerprint density at radius 1 is 1.27 bits per heavy atom. The highest BCUT2D eigenvalue weighted by atomic mass is 35.5. The van der Waals surface area contributed by atoms with Gasteiger partial charge in [-0.15, -0.1) is 0 Å². The molecule has 15 heavy (non-hydrogen) atoms. The summed E-state index contributed by atoms with van der Waals surface area (Å²) in [6.07, 6.45) is 3.71. The van der Waals surface area contributed by atoms with E-state index >= 15 is 0 Å². The molecule has 1 aliphatic heterocycles. The van der Waals surface area contributed by atoms with Gasteiger partial charge in [0.05, 0.1) is 0 Å². The fourth-order valence-electron chi connectivity index (χ4n) is 1.89. The van der Waals surface area contributed by atoms with Gasteiger partial charge in [-0.25, -0.2) is 0 Å². The molecule has 1 aromatic carbocycles. The summed E-state index contributed by atoms with van der Waals surface area (Å²) in [5, 5.41) is 2.72. The predicted molar refractivity (Wildman–Crippen MR) is 61.8 cm³/mol. The fraction of sp³-hybridized carbons (Fsp3) is 0.500. The van der Waals surface area contributed by atoms with Crippen molar-refractivity contribution in [2.24, 2.45) is 0 Å². The van der Waals surface area contributed by atoms with Gasteiger partial charge in [0.1, 0.15) is 6.10 Å². The Morgan fingerprint density at radius 3 is 2.73 bits per heavy atom. The van der Waals surface area contributed by atoms with E-state index in [0.29, 0.717) is 0 Å². The van der Waals surface area contributed by atoms with E-state index in [1.807, 2.05) is 36.4 Å². The number of hydroxylamine groups is 2. The first-order chi connectivity index (χ1) is 7.25. The third-order valence-corrected chi connectivity index (χ3v) is 2.99. The Hall–Kier alpha value is -0.570. The molecule has 0 aliphatic carbocycles. The van der Waals surface area contributed by atoms with E-state index in [4.69, 9.17) is 16.4 Å². The number of nitrogens with zero attached hydrogens (tertiary/aromatic N) is 1. The molecular formula is C12H16ClNO. The Morgan fingerprint density at radius 2 is 2.00 bits per heavy atom. The average molecular weight is 226 g/mol. The first kappa shape index (κ1) is 10.9. The van der Waals surface area contributed by atoms with Crippen LogP contribution >= 0.6 is 11.6 Å². The summed E-state index contributed by atoms with van der Waals surface area (Å²) in [5.74, 6) is 0. The highest BCUT2D eigenvalue weighted by molar-refractivity contribution is 6.30. The summed E-state index contributed by atoms with van der Waals surface area (Å²) in [6, 6.07) is 7.94. The lowest BCUT2D eigenvalue weighted by Gasteiger charge is -2.20. The van der Waals surface area contributed by atoms with Gasteiger partial charge in [-0.2, -0.15) is 5.06 Å². The molecule has 1 unspecified atom stereocenters. The summed E-state index contributed by atoms with van der Waals surface area (Å²) in [5.41, 5.74) is 1.22. The summed E-state index contributed by atoms with van der Waals surface area (Å²) >= 11 is 5.86. The highest BCUT2D eigenvalue weighted by Crippen LogP contribution is 2.27. The number of rotatable bonds is 1. The van der Waals surface area contributed by atoms with Crippen LogP contribution in [-0.4, -0.2) is 18.7 Å². The van der Waals surface area contributed by atoms with Crippen molar-refractivity contribution >= 4 is 11.6 Å². The molecule has 0 bridgehead atoms. The van der Waals surface area contributed by atoms with Crippen LogP contribution in [0.1, 0.15) is 30.9 Å². The van der Waals surface area contributed by atoms with Gasteiger partial charge in [0, 0.05) is 18.6 Å². The van der Waals surface area contributed by atoms with Crippen molar-refractivity contribution < 1.29 is 4.84 Å². The molecule has 82 valence electrons. The zero-order valence-electron chi connectivity index (χ0n) is 8.95. The molecule has 1 atom stereocenters. The number of benzene rings is 1. The molecule has 0 saturated carbocycles. The summed E-state index contributed by atoms with van der Waals surface area (Å²) in [4.78, 5) is 5.83. The number of hydrogen-bond acceptors (Lipinski definition) is 2. The van der Waals surface area contributed by atoms with Gasteiger partial charge in [-0.05, 0) is 37.0 Å². The summed E-state index contributed by atoms with van der Waals surface area (Å²) < 4.78 is 0. The van der Waals surface area contributed by atoms with Crippen LogP contribution in [-0.2, 0) is 4.84 Å². The Bertz CT molecular complexity index is 312. The second-order valence-electron chi connectivity index (χ2n) is 3.99. The van der Waals surface area contributed by atoms with Crippen molar-refractivity contribution in [3.8, 4) is 0 Å². The molecule has 1 fully saturated rings. The highest BCUT2D eigenvalue weighted by Gasteiger charge is 2.17. The van der Waals surface area contributed by atoms with Crippen molar-refractivity contribution in [1.29, 1.82) is 0 Å². The predicted octanol–water partition coefficient (Wildman–Crippen LogP) is 3.43. The van der Waals surface area contributed by atoms with Gasteiger partial charge in [0.15, 0.2) is 0 Å². The zero-order valence-corrected chi connectivity index (χ0v) is 9.70. The molecule has 1 heterocycles. The minimum Gasteiger partial charge on any atom is -0.291 e. The lowest BCUT2D eigenvalue weighted by Crippen LogP contribution is -2.20. The molecule has 1 aromatic rings. The summed E-state index contributed by atoms with van der Waals surface area (Å²) in [7, 11) is 1.99. The third-order valence-electron chi connectivity index (χ3n) is 2.74. The second-order valence-corrected chi connectivity index (χ2v) is 4.43. The van der Waals surface area contributed by atoms with E-state index in [2.05, 4.69) is 0 Å². The number of halogens is 1. The van der Waals surface area contributed by atoms with Crippen molar-refractivity contribution in [2.45, 2.75) is 25.4 Å². The van der Waals surface area contributed by atoms with Gasteiger partial charge in [0.25, 0.3) is 0 Å². The van der Waals surface area contributed by atoms with Gasteiger partial charge in [-0.1, -0.05) is 23.7 Å². The zero-order chi connectivity index (χ0) is 10.7. The van der Waals surface area contributed by atoms with Crippen LogP contribution in [0, 0.1) is 0 Å². The third kappa shape index (κ3) is 2.94. The topological polar surface area (TPSA) is 12.5 Å². The van der Waals surface area contributed by atoms with Crippen molar-refractivity contribution in [3.63, 3.8) is 0 Å². The lowest BCUT2D eigenvalue weighted by molar-refractivity contribution is -0.176. The molecule has 2 rings (SSSR count). The molecule has 0 spiro atoms. The minimum atomic E-state index is 0.190. The molecule has 0 N–H and O–H groups in total. The maximum Gasteiger partial charge on any atom is 0.104 e. The molecule has 1 aliphatic rings. The van der Waals surface area contributed by atoms with E-state index in [1.165, 1.54) is 18.4 Å². The average Bonchev–Trinajstić information content (AvgIpc) is 2.44. The molecule has 0 amide bonds. The monoisotopic (exact) mass is 225 g/mol. The summed E-state index contributed by atoms with van der Waals surface area (Å²) in [6.45, 7) is 1.02. The molecular weight excluding hydrogens is 210 g/mol. The van der Waals surface area contributed by atoms with Crippen LogP contribution in [0.4, 0.5) is 0 Å². The van der Waals surface area contributed by atoms with Crippen LogP contribution < -0.4 is 0 Å². The first-order valence-electron chi connectivity index (χ1n) is 5.39. The second kappa shape index (κ2) is 4.97. The van der Waals surface area contributed by atoms with E-state index in [0.717, 1.165) is 18.0 Å². The molecule has 0 radical (unpaired) electrons. The van der Waals surface area contributed by atoms with E-state index < -0.39 is 0 Å². The smallest absolute Gasteiger partial charge is 0.104 e. The van der Waals surface area contributed by atoms with Crippen LogP contribution in [0.2, 0.25) is 5.02 Å². The van der Waals surface area contributed by atoms with Crippen LogP contribution in [0.5, 0.6) is 0 Å². The van der Waals surface area contributed by atoms with Gasteiger partial charge in [0.2, 0.25) is 0 Å². The SMILES string of the molecule is CN1CCCCC(c2ccc(Cl)cc2)O1. The minimum absolute atomic E-state index is 0.190. The van der Waals surface area contributed by atoms with Crippen molar-refractivity contribution in [2.75, 3.05) is 13.6 Å². The maximum atomic E-state index is 5.86. The molecule has 2 nitrogen and oxygen atoms in total. The van der Waals surface area contributed by atoms with Crippen molar-refractivity contribution in [1.82, 2.24) is 5.06 Å². The first-order valence-corrected chi connectivity index (χ1v) is 5.77. The molecule has 0 aromatic heterocycles. The maximum absolute atomic E-state index is 5.86. The standard InChI is InChI=1S/C12H16ClNO/c1-14-9-3-2-4-12(15-14)10-5-7-11(13)8-6-10/h5-8,12H,2-4,9H2,1H3. The Labute approximate surface area is 95.7 Å². The van der Waals surface area contributed by atoms with Crippen LogP contribution in [0.15, 0.2) is 24.3 Å². The largest absolute Gasteiger partial charge is 0.291 e. The van der Waals surface area contributed by atoms with Gasteiger partial charge >= 0.3 is 0 Å². The molecule has 1 saturated heterocycles. The van der Waals surface area contributed by atoms with Crippen LogP contribution in [0.25, 0.3) is 0 Å². The fourth-order valence-corrected chi connectivity index (χ4v) is 2.02. The Balaban J connectivity index is 2.11. The lowest BCUT2D eigenvalue weighted by atomic mass is 10.0. The quantitative estimate of drug-likeness (QED) is 0.726. The van der Waals surface area contributed by atoms with Crippen LogP contribution in [0.3, 0.4) is 0 Å². The van der Waals surface area contributed by atoms with E-state index in [9.17, 15) is 0 Å². The van der Waals surface area contributed by atoms with E-state index in [-0.39, 0.29) is 6.10 Å². The number of hydrogen-bond donors (Lipinski definition) is 0. The van der Waals surface area contributed by atoms with Crippen molar-refractivity contribution in [3.05, 3.63) is 34.9 Å². The normalized spacial score (nSPS) is 23.7. The van der Waals surface area contributed by atoms with Gasteiger partial charge < -0.3 is 0 Å². The van der Waals surface area contributed by atoms with E-state index in [1.54, 1.807) is 0 Å².